The first-order valence-electron chi connectivity index (χ1n) is 7.17. The van der Waals surface area contributed by atoms with E-state index >= 15 is 0 Å². The molecule has 0 aliphatic heterocycles. The fourth-order valence-corrected chi connectivity index (χ4v) is 2.11. The van der Waals surface area contributed by atoms with Crippen molar-refractivity contribution in [2.75, 3.05) is 13.2 Å². The van der Waals surface area contributed by atoms with Crippen molar-refractivity contribution in [2.45, 2.75) is 32.9 Å². The molecule has 0 radical (unpaired) electrons. The van der Waals surface area contributed by atoms with E-state index in [-0.39, 0.29) is 30.0 Å². The van der Waals surface area contributed by atoms with Crippen LogP contribution < -0.4 is 4.74 Å². The Balaban J connectivity index is 2.03. The molecule has 0 aliphatic carbocycles. The van der Waals surface area contributed by atoms with Gasteiger partial charge in [0.15, 0.2) is 0 Å². The van der Waals surface area contributed by atoms with Gasteiger partial charge in [0.1, 0.15) is 5.75 Å². The van der Waals surface area contributed by atoms with Crippen molar-refractivity contribution in [1.29, 1.82) is 0 Å². The predicted octanol–water partition coefficient (Wildman–Crippen LogP) is 3.61. The number of benzene rings is 1. The number of hydrogen-bond acceptors (Lipinski definition) is 4. The van der Waals surface area contributed by atoms with Crippen LogP contribution in [0.4, 0.5) is 13.2 Å². The minimum atomic E-state index is -4.52. The molecule has 2 rings (SSSR count). The average Bonchev–Trinajstić information content (AvgIpc) is 2.89. The van der Waals surface area contributed by atoms with Gasteiger partial charge in [0.2, 0.25) is 5.82 Å². The topological polar surface area (TPSA) is 64.2 Å². The number of hydrogen-bond donors (Lipinski definition) is 1. The maximum atomic E-state index is 12.7. The molecule has 0 amide bonds. The number of esters is 1. The average molecular weight is 330 g/mol. The van der Waals surface area contributed by atoms with Gasteiger partial charge in [-0.25, -0.2) is 4.98 Å². The maximum absolute atomic E-state index is 12.7. The van der Waals surface area contributed by atoms with Crippen molar-refractivity contribution in [3.8, 4) is 5.75 Å². The molecule has 8 heteroatoms. The third-order valence-electron chi connectivity index (χ3n) is 3.12. The third kappa shape index (κ3) is 4.37. The van der Waals surface area contributed by atoms with Crippen molar-refractivity contribution in [3.63, 3.8) is 0 Å². The standard InChI is InChI=1S/C15H17F3N2O3/c1-3-22-12(21)5-4-6-23-10-7-9(2)13-11(8-10)19-14(20-13)15(16,17)18/h7-8H,3-6H2,1-2H3,(H,19,20). The highest BCUT2D eigenvalue weighted by atomic mass is 19.4. The van der Waals surface area contributed by atoms with Gasteiger partial charge >= 0.3 is 12.1 Å². The van der Waals surface area contributed by atoms with E-state index in [1.807, 2.05) is 0 Å². The van der Waals surface area contributed by atoms with Crippen molar-refractivity contribution in [2.24, 2.45) is 0 Å². The van der Waals surface area contributed by atoms with Crippen LogP contribution in [-0.2, 0) is 15.7 Å². The van der Waals surface area contributed by atoms with Gasteiger partial charge in [0.05, 0.1) is 24.2 Å². The smallest absolute Gasteiger partial charge is 0.449 e. The van der Waals surface area contributed by atoms with Crippen LogP contribution in [0.15, 0.2) is 12.1 Å². The number of imidazole rings is 1. The Morgan fingerprint density at radius 2 is 2.09 bits per heavy atom. The Labute approximate surface area is 130 Å². The van der Waals surface area contributed by atoms with Gasteiger partial charge in [-0.2, -0.15) is 13.2 Å². The predicted molar refractivity (Wildman–Crippen MR) is 77.2 cm³/mol. The normalized spacial score (nSPS) is 11.7. The number of ether oxygens (including phenoxy) is 2. The molecule has 1 N–H and O–H groups in total. The molecule has 126 valence electrons. The number of carbonyl (C=O) groups excluding carboxylic acids is 1. The van der Waals surface area contributed by atoms with E-state index in [0.717, 1.165) is 0 Å². The molecule has 2 aromatic rings. The molecule has 23 heavy (non-hydrogen) atoms. The lowest BCUT2D eigenvalue weighted by Gasteiger charge is -2.07. The number of nitrogens with one attached hydrogen (secondary N) is 1. The van der Waals surface area contributed by atoms with Gasteiger partial charge in [0.25, 0.3) is 0 Å². The van der Waals surface area contributed by atoms with E-state index in [9.17, 15) is 18.0 Å². The zero-order valence-corrected chi connectivity index (χ0v) is 12.8. The summed E-state index contributed by atoms with van der Waals surface area (Å²) in [5.74, 6) is -0.905. The molecule has 5 nitrogen and oxygen atoms in total. The number of aromatic nitrogens is 2. The molecule has 0 saturated carbocycles. The van der Waals surface area contributed by atoms with Gasteiger partial charge in [-0.1, -0.05) is 0 Å². The Kier molecular flexibility index (Phi) is 5.12. The number of aromatic amines is 1. The van der Waals surface area contributed by atoms with Crippen LogP contribution in [0.2, 0.25) is 0 Å². The highest BCUT2D eigenvalue weighted by Crippen LogP contribution is 2.31. The molecular weight excluding hydrogens is 313 g/mol. The largest absolute Gasteiger partial charge is 0.493 e. The molecule has 1 aromatic carbocycles. The second-order valence-electron chi connectivity index (χ2n) is 4.98. The number of rotatable bonds is 6. The first-order valence-corrected chi connectivity index (χ1v) is 7.17. The van der Waals surface area contributed by atoms with Crippen molar-refractivity contribution < 1.29 is 27.4 Å². The summed E-state index contributed by atoms with van der Waals surface area (Å²) in [5, 5.41) is 0. The number of H-pyrrole nitrogens is 1. The fraction of sp³-hybridized carbons (Fsp3) is 0.467. The molecule has 0 fully saturated rings. The van der Waals surface area contributed by atoms with Crippen LogP contribution in [0, 0.1) is 6.92 Å². The van der Waals surface area contributed by atoms with E-state index in [1.54, 1.807) is 19.9 Å². The van der Waals surface area contributed by atoms with Crippen LogP contribution >= 0.6 is 0 Å². The lowest BCUT2D eigenvalue weighted by Crippen LogP contribution is -2.06. The zero-order valence-electron chi connectivity index (χ0n) is 12.8. The van der Waals surface area contributed by atoms with Gasteiger partial charge in [-0.3, -0.25) is 4.79 Å². The number of carbonyl (C=O) groups is 1. The van der Waals surface area contributed by atoms with Gasteiger partial charge in [-0.15, -0.1) is 0 Å². The SMILES string of the molecule is CCOC(=O)CCCOc1cc(C)c2nc(C(F)(F)F)[nH]c2c1. The quantitative estimate of drug-likeness (QED) is 0.649. The highest BCUT2D eigenvalue weighted by molar-refractivity contribution is 5.80. The Morgan fingerprint density at radius 3 is 2.74 bits per heavy atom. The molecule has 0 spiro atoms. The summed E-state index contributed by atoms with van der Waals surface area (Å²) in [7, 11) is 0. The Hall–Kier alpha value is -2.25. The molecule has 0 atom stereocenters. The second kappa shape index (κ2) is 6.89. The number of alkyl halides is 3. The van der Waals surface area contributed by atoms with E-state index in [1.165, 1.54) is 6.07 Å². The Bertz CT molecular complexity index is 695. The monoisotopic (exact) mass is 330 g/mol. The van der Waals surface area contributed by atoms with Crippen LogP contribution in [0.5, 0.6) is 5.75 Å². The van der Waals surface area contributed by atoms with Gasteiger partial charge < -0.3 is 14.5 Å². The number of halogens is 3. The summed E-state index contributed by atoms with van der Waals surface area (Å²) in [4.78, 5) is 17.0. The number of nitrogens with zero attached hydrogens (tertiary/aromatic N) is 1. The van der Waals surface area contributed by atoms with E-state index in [4.69, 9.17) is 9.47 Å². The van der Waals surface area contributed by atoms with Crippen molar-refractivity contribution in [3.05, 3.63) is 23.5 Å². The van der Waals surface area contributed by atoms with Crippen LogP contribution in [-0.4, -0.2) is 29.2 Å². The third-order valence-corrected chi connectivity index (χ3v) is 3.12. The van der Waals surface area contributed by atoms with E-state index in [2.05, 4.69) is 9.97 Å². The van der Waals surface area contributed by atoms with E-state index < -0.39 is 12.0 Å². The van der Waals surface area contributed by atoms with Crippen LogP contribution in [0.1, 0.15) is 31.2 Å². The Morgan fingerprint density at radius 1 is 1.35 bits per heavy atom. The second-order valence-corrected chi connectivity index (χ2v) is 4.98. The van der Waals surface area contributed by atoms with E-state index in [0.29, 0.717) is 24.3 Å². The first kappa shape index (κ1) is 17.1. The maximum Gasteiger partial charge on any atom is 0.449 e. The molecule has 1 aromatic heterocycles. The number of fused-ring (bicyclic) bond motifs is 1. The molecular formula is C15H17F3N2O3. The lowest BCUT2D eigenvalue weighted by molar-refractivity contribution is -0.144. The summed E-state index contributed by atoms with van der Waals surface area (Å²) in [5.41, 5.74) is 1.10. The van der Waals surface area contributed by atoms with Crippen molar-refractivity contribution >= 4 is 17.0 Å². The zero-order chi connectivity index (χ0) is 17.0. The molecule has 0 saturated heterocycles. The summed E-state index contributed by atoms with van der Waals surface area (Å²) in [6.07, 6.45) is -3.82. The molecule has 1 heterocycles. The van der Waals surface area contributed by atoms with Crippen LogP contribution in [0.3, 0.4) is 0 Å². The first-order chi connectivity index (χ1) is 10.8. The molecule has 0 unspecified atom stereocenters. The van der Waals surface area contributed by atoms with Crippen molar-refractivity contribution in [1.82, 2.24) is 9.97 Å². The summed E-state index contributed by atoms with van der Waals surface area (Å²) < 4.78 is 48.3. The lowest BCUT2D eigenvalue weighted by atomic mass is 10.2. The molecule has 0 bridgehead atoms. The highest BCUT2D eigenvalue weighted by Gasteiger charge is 2.35. The summed E-state index contributed by atoms with van der Waals surface area (Å²) >= 11 is 0. The summed E-state index contributed by atoms with van der Waals surface area (Å²) in [6, 6.07) is 3.09. The minimum absolute atomic E-state index is 0.233. The van der Waals surface area contributed by atoms with Crippen LogP contribution in [0.25, 0.3) is 11.0 Å². The fourth-order valence-electron chi connectivity index (χ4n) is 2.11. The minimum Gasteiger partial charge on any atom is -0.493 e. The summed E-state index contributed by atoms with van der Waals surface area (Å²) in [6.45, 7) is 3.99. The van der Waals surface area contributed by atoms with Gasteiger partial charge in [-0.05, 0) is 31.9 Å². The number of aryl methyl sites for hydroxylation is 1. The molecule has 0 aliphatic rings. The van der Waals surface area contributed by atoms with Gasteiger partial charge in [0, 0.05) is 12.5 Å².